The van der Waals surface area contributed by atoms with E-state index in [-0.39, 0.29) is 10.1 Å². The smallest absolute Gasteiger partial charge is 0.206 e. The van der Waals surface area contributed by atoms with Gasteiger partial charge in [-0.2, -0.15) is 0 Å². The second-order valence-electron chi connectivity index (χ2n) is 8.56. The zero-order valence-electron chi connectivity index (χ0n) is 14.5. The van der Waals surface area contributed by atoms with Gasteiger partial charge in [0.1, 0.15) is 0 Å². The molecule has 0 amide bonds. The zero-order chi connectivity index (χ0) is 15.2. The molecule has 1 heterocycles. The number of hydrogen-bond acceptors (Lipinski definition) is 1. The lowest BCUT2D eigenvalue weighted by molar-refractivity contribution is 0.130. The van der Waals surface area contributed by atoms with Crippen molar-refractivity contribution in [1.29, 1.82) is 0 Å². The molecule has 0 saturated carbocycles. The highest BCUT2D eigenvalue weighted by atomic mass is 28.4. The van der Waals surface area contributed by atoms with Gasteiger partial charge in [0.05, 0.1) is 6.10 Å². The lowest BCUT2D eigenvalue weighted by atomic mass is 9.91. The highest BCUT2D eigenvalue weighted by Crippen LogP contribution is 2.64. The third-order valence-corrected chi connectivity index (χ3v) is 12.3. The Hall–Kier alpha value is -0.0831. The van der Waals surface area contributed by atoms with Crippen molar-refractivity contribution < 1.29 is 4.43 Å². The van der Waals surface area contributed by atoms with Gasteiger partial charge in [0, 0.05) is 0 Å². The van der Waals surface area contributed by atoms with E-state index in [0.717, 1.165) is 0 Å². The second kappa shape index (κ2) is 5.03. The molecule has 112 valence electrons. The molecule has 0 spiro atoms. The summed E-state index contributed by atoms with van der Waals surface area (Å²) < 4.78 is 6.92. The topological polar surface area (TPSA) is 9.23 Å². The van der Waals surface area contributed by atoms with E-state index in [9.17, 15) is 0 Å². The zero-order valence-corrected chi connectivity index (χ0v) is 15.5. The summed E-state index contributed by atoms with van der Waals surface area (Å²) in [5.41, 5.74) is 0.680. The van der Waals surface area contributed by atoms with Gasteiger partial charge in [-0.1, -0.05) is 68.4 Å². The lowest BCUT2D eigenvalue weighted by Gasteiger charge is -2.51. The summed E-state index contributed by atoms with van der Waals surface area (Å²) in [6.07, 6.45) is 2.40. The van der Waals surface area contributed by atoms with Gasteiger partial charge in [-0.15, -0.1) is 6.58 Å². The van der Waals surface area contributed by atoms with Crippen LogP contribution in [0.4, 0.5) is 0 Å². The normalized spacial score (nSPS) is 33.2. The van der Waals surface area contributed by atoms with E-state index in [1.807, 2.05) is 0 Å². The van der Waals surface area contributed by atoms with E-state index in [2.05, 4.69) is 75.0 Å². The molecule has 1 rings (SSSR count). The van der Waals surface area contributed by atoms with E-state index in [0.29, 0.717) is 23.5 Å². The SMILES string of the molecule is C=CC(C)[C@@H]1O[Si](C(C)(C)C)(C(C)(C)C)[C@H](C)[C@H]1C. The van der Waals surface area contributed by atoms with E-state index in [4.69, 9.17) is 4.43 Å². The molecule has 19 heavy (non-hydrogen) atoms. The van der Waals surface area contributed by atoms with Crippen molar-refractivity contribution in [3.8, 4) is 0 Å². The van der Waals surface area contributed by atoms with Crippen molar-refractivity contribution >= 4 is 8.32 Å². The second-order valence-corrected chi connectivity index (χ2v) is 14.2. The van der Waals surface area contributed by atoms with Gasteiger partial charge in [-0.25, -0.2) is 0 Å². The Balaban J connectivity index is 3.32. The minimum atomic E-state index is -1.89. The first-order valence-electron chi connectivity index (χ1n) is 7.70. The summed E-state index contributed by atoms with van der Waals surface area (Å²) in [6.45, 7) is 25.3. The quantitative estimate of drug-likeness (QED) is 0.461. The van der Waals surface area contributed by atoms with E-state index in [1.54, 1.807) is 0 Å². The molecule has 2 heteroatoms. The number of hydrogen-bond donors (Lipinski definition) is 0. The third-order valence-electron chi connectivity index (χ3n) is 5.39. The van der Waals surface area contributed by atoms with Crippen molar-refractivity contribution in [3.05, 3.63) is 12.7 Å². The lowest BCUT2D eigenvalue weighted by Crippen LogP contribution is -2.55. The van der Waals surface area contributed by atoms with Gasteiger partial charge in [0.25, 0.3) is 0 Å². The van der Waals surface area contributed by atoms with Crippen molar-refractivity contribution in [2.75, 3.05) is 0 Å². The van der Waals surface area contributed by atoms with Crippen LogP contribution in [0, 0.1) is 11.8 Å². The first kappa shape index (κ1) is 17.0. The van der Waals surface area contributed by atoms with Gasteiger partial charge >= 0.3 is 0 Å². The van der Waals surface area contributed by atoms with Crippen LogP contribution >= 0.6 is 0 Å². The van der Waals surface area contributed by atoms with Crippen LogP contribution in [0.15, 0.2) is 12.7 Å². The molecule has 0 aromatic heterocycles. The molecule has 1 unspecified atom stereocenters. The van der Waals surface area contributed by atoms with Crippen molar-refractivity contribution in [1.82, 2.24) is 0 Å². The average molecular weight is 283 g/mol. The monoisotopic (exact) mass is 282 g/mol. The number of rotatable bonds is 2. The van der Waals surface area contributed by atoms with Crippen LogP contribution in [0.5, 0.6) is 0 Å². The first-order valence-corrected chi connectivity index (χ1v) is 9.69. The van der Waals surface area contributed by atoms with Crippen LogP contribution in [0.3, 0.4) is 0 Å². The van der Waals surface area contributed by atoms with Crippen molar-refractivity contribution in [3.63, 3.8) is 0 Å². The fourth-order valence-electron chi connectivity index (χ4n) is 4.65. The molecule has 0 aromatic rings. The molecule has 1 aliphatic rings. The van der Waals surface area contributed by atoms with Gasteiger partial charge in [0.15, 0.2) is 0 Å². The molecule has 0 bridgehead atoms. The maximum atomic E-state index is 6.92. The average Bonchev–Trinajstić information content (AvgIpc) is 2.51. The Morgan fingerprint density at radius 1 is 1.05 bits per heavy atom. The van der Waals surface area contributed by atoms with Crippen LogP contribution in [0.25, 0.3) is 0 Å². The summed E-state index contributed by atoms with van der Waals surface area (Å²) in [6, 6.07) is 0. The standard InChI is InChI=1S/C17H34OSi/c1-11-12(2)15-13(3)14(4)19(18-15,16(5,6)7)17(8,9)10/h11-15H,1H2,2-10H3/t12?,13-,14-,15+/m1/s1. The minimum Gasteiger partial charge on any atom is -0.412 e. The fourth-order valence-corrected chi connectivity index (χ4v) is 12.3. The first-order chi connectivity index (χ1) is 8.40. The highest BCUT2D eigenvalue weighted by Gasteiger charge is 2.65. The minimum absolute atomic E-state index is 0.258. The highest BCUT2D eigenvalue weighted by molar-refractivity contribution is 6.81. The van der Waals surface area contributed by atoms with Crippen molar-refractivity contribution in [2.45, 2.75) is 84.0 Å². The molecule has 0 aromatic carbocycles. The van der Waals surface area contributed by atoms with Crippen LogP contribution in [-0.2, 0) is 4.43 Å². The van der Waals surface area contributed by atoms with E-state index < -0.39 is 8.32 Å². The molecule has 1 nitrogen and oxygen atoms in total. The van der Waals surface area contributed by atoms with Gasteiger partial charge in [0.2, 0.25) is 8.32 Å². The van der Waals surface area contributed by atoms with E-state index in [1.165, 1.54) is 0 Å². The maximum Gasteiger partial charge on any atom is 0.206 e. The molecule has 0 radical (unpaired) electrons. The predicted molar refractivity (Wildman–Crippen MR) is 88.0 cm³/mol. The fraction of sp³-hybridized carbons (Fsp3) is 0.882. The maximum absolute atomic E-state index is 6.92. The molecule has 4 atom stereocenters. The summed E-state index contributed by atoms with van der Waals surface area (Å²) in [5.74, 6) is 1.06. The summed E-state index contributed by atoms with van der Waals surface area (Å²) in [5, 5.41) is 0.517. The molecular formula is C17H34OSi. The Kier molecular flexibility index (Phi) is 4.50. The Bertz CT molecular complexity index is 320. The largest absolute Gasteiger partial charge is 0.412 e. The molecule has 0 aliphatic carbocycles. The summed E-state index contributed by atoms with van der Waals surface area (Å²) >= 11 is 0. The van der Waals surface area contributed by atoms with Crippen LogP contribution in [0.1, 0.15) is 62.3 Å². The van der Waals surface area contributed by atoms with Crippen LogP contribution in [0.2, 0.25) is 15.6 Å². The van der Waals surface area contributed by atoms with Crippen LogP contribution < -0.4 is 0 Å². The molecule has 1 saturated heterocycles. The summed E-state index contributed by atoms with van der Waals surface area (Å²) in [7, 11) is -1.89. The van der Waals surface area contributed by atoms with Gasteiger partial charge < -0.3 is 4.43 Å². The van der Waals surface area contributed by atoms with Crippen molar-refractivity contribution in [2.24, 2.45) is 11.8 Å². The summed E-state index contributed by atoms with van der Waals surface area (Å²) in [4.78, 5) is 0. The van der Waals surface area contributed by atoms with Gasteiger partial charge in [-0.3, -0.25) is 0 Å². The Morgan fingerprint density at radius 3 is 1.74 bits per heavy atom. The molecular weight excluding hydrogens is 248 g/mol. The third kappa shape index (κ3) is 2.46. The Labute approximate surface area is 122 Å². The van der Waals surface area contributed by atoms with Crippen LogP contribution in [-0.4, -0.2) is 14.4 Å². The Morgan fingerprint density at radius 2 is 1.47 bits per heavy atom. The van der Waals surface area contributed by atoms with Gasteiger partial charge in [-0.05, 0) is 27.5 Å². The molecule has 1 fully saturated rings. The predicted octanol–water partition coefficient (Wildman–Crippen LogP) is 5.78. The molecule has 1 aliphatic heterocycles. The van der Waals surface area contributed by atoms with E-state index >= 15 is 0 Å². The molecule has 0 N–H and O–H groups in total.